The van der Waals surface area contributed by atoms with E-state index in [4.69, 9.17) is 0 Å². The van der Waals surface area contributed by atoms with Gasteiger partial charge in [0.25, 0.3) is 0 Å². The van der Waals surface area contributed by atoms with Crippen LogP contribution < -0.4 is 0 Å². The molecule has 0 aliphatic carbocycles. The highest BCUT2D eigenvalue weighted by Gasteiger charge is 2.20. The summed E-state index contributed by atoms with van der Waals surface area (Å²) in [4.78, 5) is 2.53. The van der Waals surface area contributed by atoms with Crippen LogP contribution in [0.15, 0.2) is 12.2 Å². The Morgan fingerprint density at radius 1 is 1.20 bits per heavy atom. The van der Waals surface area contributed by atoms with Crippen molar-refractivity contribution in [2.45, 2.75) is 26.5 Å². The first-order valence-electron chi connectivity index (χ1n) is 4.27. The molecule has 0 N–H and O–H groups in total. The zero-order valence-corrected chi connectivity index (χ0v) is 7.01. The Kier molecular flexibility index (Phi) is 3.00. The van der Waals surface area contributed by atoms with Crippen LogP contribution in [0, 0.1) is 0 Å². The second-order valence-electron chi connectivity index (χ2n) is 2.82. The van der Waals surface area contributed by atoms with Crippen molar-refractivity contribution >= 4 is 6.85 Å². The Bertz CT molecular complexity index is 110. The molecule has 10 heavy (non-hydrogen) atoms. The van der Waals surface area contributed by atoms with E-state index in [-0.39, 0.29) is 0 Å². The third kappa shape index (κ3) is 1.63. The lowest BCUT2D eigenvalue weighted by Crippen LogP contribution is -2.36. The van der Waals surface area contributed by atoms with Gasteiger partial charge in [0.05, 0.1) is 0 Å². The summed E-state index contributed by atoms with van der Waals surface area (Å²) in [5.74, 6) is 0. The van der Waals surface area contributed by atoms with Crippen LogP contribution in [-0.4, -0.2) is 24.7 Å². The van der Waals surface area contributed by atoms with Crippen molar-refractivity contribution in [3.8, 4) is 0 Å². The van der Waals surface area contributed by atoms with Crippen LogP contribution in [-0.2, 0) is 0 Å². The van der Waals surface area contributed by atoms with Crippen LogP contribution in [0.2, 0.25) is 12.6 Å². The summed E-state index contributed by atoms with van der Waals surface area (Å²) in [7, 11) is 0. The predicted octanol–water partition coefficient (Wildman–Crippen LogP) is 1.89. The third-order valence-electron chi connectivity index (χ3n) is 2.31. The minimum absolute atomic E-state index is 0.815. The summed E-state index contributed by atoms with van der Waals surface area (Å²) in [6.07, 6.45) is 7.12. The van der Waals surface area contributed by atoms with E-state index in [1.54, 1.807) is 0 Å². The first-order valence-corrected chi connectivity index (χ1v) is 4.27. The van der Waals surface area contributed by atoms with Gasteiger partial charge in [0.1, 0.15) is 0 Å². The van der Waals surface area contributed by atoms with Gasteiger partial charge in [-0.15, -0.1) is 0 Å². The van der Waals surface area contributed by atoms with Gasteiger partial charge in [0.2, 0.25) is 6.85 Å². The molecule has 1 rings (SSSR count). The van der Waals surface area contributed by atoms with E-state index >= 15 is 0 Å². The van der Waals surface area contributed by atoms with Gasteiger partial charge < -0.3 is 4.81 Å². The fraction of sp³-hybridized carbons (Fsp3) is 0.750. The van der Waals surface area contributed by atoms with E-state index in [1.165, 1.54) is 25.7 Å². The molecule has 0 aromatic rings. The maximum atomic E-state index is 2.53. The molecule has 0 bridgehead atoms. The maximum absolute atomic E-state index is 2.53. The van der Waals surface area contributed by atoms with E-state index in [2.05, 4.69) is 30.8 Å². The number of hydrogen-bond acceptors (Lipinski definition) is 1. The molecule has 0 aromatic carbocycles. The summed E-state index contributed by atoms with van der Waals surface area (Å²) >= 11 is 0. The normalized spacial score (nSPS) is 17.3. The quantitative estimate of drug-likeness (QED) is 0.424. The van der Waals surface area contributed by atoms with Crippen molar-refractivity contribution < 1.29 is 0 Å². The smallest absolute Gasteiger partial charge is 0.230 e. The number of rotatable bonds is 3. The summed E-state index contributed by atoms with van der Waals surface area (Å²) in [5.41, 5.74) is 0. The van der Waals surface area contributed by atoms with E-state index in [0.717, 1.165) is 6.85 Å². The Labute approximate surface area is 64.2 Å². The average molecular weight is 137 g/mol. The Morgan fingerprint density at radius 2 is 1.70 bits per heavy atom. The summed E-state index contributed by atoms with van der Waals surface area (Å²) < 4.78 is 0. The molecule has 0 amide bonds. The molecule has 0 spiro atoms. The van der Waals surface area contributed by atoms with Crippen molar-refractivity contribution in [3.05, 3.63) is 12.2 Å². The second-order valence-corrected chi connectivity index (χ2v) is 2.82. The molecule has 56 valence electrons. The standard InChI is InChI=1S/C8H16BN/c1-3-10(4-2)9-7-5-6-8-9/h5-6H,3-4,7-8H2,1-2H3. The van der Waals surface area contributed by atoms with Gasteiger partial charge in [-0.1, -0.05) is 26.0 Å². The Morgan fingerprint density at radius 3 is 2.10 bits per heavy atom. The first kappa shape index (κ1) is 7.87. The zero-order chi connectivity index (χ0) is 7.40. The highest BCUT2D eigenvalue weighted by Crippen LogP contribution is 2.14. The lowest BCUT2D eigenvalue weighted by Gasteiger charge is -2.22. The molecule has 0 atom stereocenters. The summed E-state index contributed by atoms with van der Waals surface area (Å²) in [6.45, 7) is 7.69. The first-order chi connectivity index (χ1) is 4.88. The number of nitrogens with zero attached hydrogens (tertiary/aromatic N) is 1. The average Bonchev–Trinajstić information content (AvgIpc) is 2.43. The van der Waals surface area contributed by atoms with Crippen molar-refractivity contribution in [2.75, 3.05) is 13.1 Å². The van der Waals surface area contributed by atoms with E-state index in [0.29, 0.717) is 0 Å². The van der Waals surface area contributed by atoms with Gasteiger partial charge in [-0.3, -0.25) is 0 Å². The molecule has 1 aliphatic rings. The minimum atomic E-state index is 0.815. The van der Waals surface area contributed by atoms with Crippen LogP contribution in [0.4, 0.5) is 0 Å². The van der Waals surface area contributed by atoms with Crippen LogP contribution in [0.25, 0.3) is 0 Å². The van der Waals surface area contributed by atoms with Gasteiger partial charge in [0.15, 0.2) is 0 Å². The largest absolute Gasteiger partial charge is 0.342 e. The molecule has 0 aromatic heterocycles. The van der Waals surface area contributed by atoms with Crippen LogP contribution in [0.5, 0.6) is 0 Å². The van der Waals surface area contributed by atoms with E-state index in [9.17, 15) is 0 Å². The van der Waals surface area contributed by atoms with Gasteiger partial charge >= 0.3 is 0 Å². The summed E-state index contributed by atoms with van der Waals surface area (Å²) in [6, 6.07) is 0. The van der Waals surface area contributed by atoms with Crippen LogP contribution in [0.1, 0.15) is 13.8 Å². The number of allylic oxidation sites excluding steroid dienone is 2. The van der Waals surface area contributed by atoms with E-state index in [1.807, 2.05) is 0 Å². The van der Waals surface area contributed by atoms with Gasteiger partial charge in [-0.05, 0) is 25.7 Å². The Balaban J connectivity index is 2.31. The van der Waals surface area contributed by atoms with Crippen LogP contribution >= 0.6 is 0 Å². The summed E-state index contributed by atoms with van der Waals surface area (Å²) in [5, 5.41) is 0. The molecular formula is C8H16BN. The molecule has 1 heterocycles. The molecule has 0 fully saturated rings. The fourth-order valence-corrected chi connectivity index (χ4v) is 1.64. The molecule has 0 saturated heterocycles. The molecule has 0 saturated carbocycles. The maximum Gasteiger partial charge on any atom is 0.230 e. The molecular weight excluding hydrogens is 121 g/mol. The lowest BCUT2D eigenvalue weighted by atomic mass is 9.58. The lowest BCUT2D eigenvalue weighted by molar-refractivity contribution is 0.480. The minimum Gasteiger partial charge on any atom is -0.342 e. The molecule has 0 unspecified atom stereocenters. The highest BCUT2D eigenvalue weighted by atomic mass is 15.0. The molecule has 1 aliphatic heterocycles. The van der Waals surface area contributed by atoms with Gasteiger partial charge in [-0.25, -0.2) is 0 Å². The fourth-order valence-electron chi connectivity index (χ4n) is 1.64. The van der Waals surface area contributed by atoms with Crippen molar-refractivity contribution in [1.29, 1.82) is 0 Å². The van der Waals surface area contributed by atoms with Crippen molar-refractivity contribution in [2.24, 2.45) is 0 Å². The highest BCUT2D eigenvalue weighted by molar-refractivity contribution is 6.57. The zero-order valence-electron chi connectivity index (χ0n) is 7.01. The molecule has 0 radical (unpaired) electrons. The van der Waals surface area contributed by atoms with Gasteiger partial charge in [0, 0.05) is 0 Å². The Hall–Kier alpha value is -0.235. The van der Waals surface area contributed by atoms with Gasteiger partial charge in [-0.2, -0.15) is 0 Å². The molecule has 1 nitrogen and oxygen atoms in total. The molecule has 2 heteroatoms. The second kappa shape index (κ2) is 3.82. The number of hydrogen-bond donors (Lipinski definition) is 0. The van der Waals surface area contributed by atoms with Crippen molar-refractivity contribution in [1.82, 2.24) is 4.81 Å². The monoisotopic (exact) mass is 137 g/mol. The van der Waals surface area contributed by atoms with E-state index < -0.39 is 0 Å². The SMILES string of the molecule is CCN(CC)B1CC=CC1. The topological polar surface area (TPSA) is 3.24 Å². The van der Waals surface area contributed by atoms with Crippen LogP contribution in [0.3, 0.4) is 0 Å². The van der Waals surface area contributed by atoms with Crippen molar-refractivity contribution in [3.63, 3.8) is 0 Å². The predicted molar refractivity (Wildman–Crippen MR) is 47.4 cm³/mol. The third-order valence-corrected chi connectivity index (χ3v) is 2.31.